The Balaban J connectivity index is 1.37. The largest absolute Gasteiger partial charge is 0.493 e. The molecule has 2 aromatic rings. The highest BCUT2D eigenvalue weighted by Gasteiger charge is 2.26. The number of piperidine rings is 1. The van der Waals surface area contributed by atoms with Crippen molar-refractivity contribution in [2.24, 2.45) is 5.92 Å². The molecule has 5 heteroatoms. The summed E-state index contributed by atoms with van der Waals surface area (Å²) in [7, 11) is 0. The van der Waals surface area contributed by atoms with Gasteiger partial charge in [-0.25, -0.2) is 8.78 Å². The number of rotatable bonds is 4. The van der Waals surface area contributed by atoms with Crippen molar-refractivity contribution >= 4 is 11.5 Å². The van der Waals surface area contributed by atoms with Crippen LogP contribution in [0.15, 0.2) is 30.3 Å². The third-order valence-corrected chi connectivity index (χ3v) is 5.60. The number of nitrogens with zero attached hydrogens (tertiary/aromatic N) is 1. The van der Waals surface area contributed by atoms with Crippen molar-refractivity contribution in [1.82, 2.24) is 0 Å². The third kappa shape index (κ3) is 3.55. The van der Waals surface area contributed by atoms with Crippen LogP contribution in [0.4, 0.5) is 14.5 Å². The summed E-state index contributed by atoms with van der Waals surface area (Å²) in [6.45, 7) is 3.47. The van der Waals surface area contributed by atoms with Gasteiger partial charge in [-0.3, -0.25) is 4.79 Å². The summed E-state index contributed by atoms with van der Waals surface area (Å²) in [6, 6.07) is 8.41. The normalized spacial score (nSPS) is 17.3. The molecule has 0 saturated carbocycles. The molecule has 27 heavy (non-hydrogen) atoms. The molecule has 0 radical (unpaired) electrons. The number of hydrogen-bond donors (Lipinski definition) is 0. The van der Waals surface area contributed by atoms with Crippen LogP contribution in [0.2, 0.25) is 0 Å². The molecule has 4 rings (SSSR count). The van der Waals surface area contributed by atoms with Crippen molar-refractivity contribution in [1.29, 1.82) is 0 Å². The highest BCUT2D eigenvalue weighted by Crippen LogP contribution is 2.32. The van der Waals surface area contributed by atoms with E-state index in [2.05, 4.69) is 0 Å². The van der Waals surface area contributed by atoms with Crippen LogP contribution in [0.5, 0.6) is 5.75 Å². The minimum atomic E-state index is -0.494. The molecule has 0 aromatic heterocycles. The first-order valence-electron chi connectivity index (χ1n) is 9.51. The summed E-state index contributed by atoms with van der Waals surface area (Å²) in [5.74, 6) is 0.339. The standard InChI is InChI=1S/C22H23F2NO2/c1-14-11-18(23)22(19(24)12-14)25-9-7-15(8-10-25)13-27-21-4-2-3-16-17(21)5-6-20(16)26/h2-4,11-12,15H,5-10,13H2,1H3. The van der Waals surface area contributed by atoms with E-state index >= 15 is 0 Å². The fourth-order valence-electron chi connectivity index (χ4n) is 4.12. The zero-order valence-corrected chi connectivity index (χ0v) is 15.4. The quantitative estimate of drug-likeness (QED) is 0.780. The Morgan fingerprint density at radius 3 is 2.52 bits per heavy atom. The number of hydrogen-bond acceptors (Lipinski definition) is 3. The van der Waals surface area contributed by atoms with E-state index in [1.54, 1.807) is 11.8 Å². The fraction of sp³-hybridized carbons (Fsp3) is 0.409. The molecular weight excluding hydrogens is 348 g/mol. The second-order valence-corrected chi connectivity index (χ2v) is 7.52. The van der Waals surface area contributed by atoms with Crippen LogP contribution in [-0.4, -0.2) is 25.5 Å². The molecule has 0 N–H and O–H groups in total. The van der Waals surface area contributed by atoms with Gasteiger partial charge in [0.1, 0.15) is 23.1 Å². The molecule has 0 atom stereocenters. The first-order chi connectivity index (χ1) is 13.0. The predicted molar refractivity (Wildman–Crippen MR) is 101 cm³/mol. The van der Waals surface area contributed by atoms with E-state index in [0.717, 1.165) is 36.1 Å². The molecule has 1 saturated heterocycles. The summed E-state index contributed by atoms with van der Waals surface area (Å²) in [4.78, 5) is 13.6. The van der Waals surface area contributed by atoms with Gasteiger partial charge in [-0.1, -0.05) is 12.1 Å². The van der Waals surface area contributed by atoms with E-state index in [1.807, 2.05) is 18.2 Å². The van der Waals surface area contributed by atoms with Crippen molar-refractivity contribution in [3.05, 3.63) is 58.7 Å². The Hall–Kier alpha value is -2.43. The van der Waals surface area contributed by atoms with Gasteiger partial charge in [-0.05, 0) is 55.9 Å². The molecule has 2 aromatic carbocycles. The highest BCUT2D eigenvalue weighted by atomic mass is 19.1. The maximum absolute atomic E-state index is 14.2. The van der Waals surface area contributed by atoms with Gasteiger partial charge in [0.15, 0.2) is 5.78 Å². The van der Waals surface area contributed by atoms with Gasteiger partial charge in [0.05, 0.1) is 6.61 Å². The minimum absolute atomic E-state index is 0.0827. The van der Waals surface area contributed by atoms with Gasteiger partial charge < -0.3 is 9.64 Å². The lowest BCUT2D eigenvalue weighted by atomic mass is 9.97. The summed E-state index contributed by atoms with van der Waals surface area (Å²) in [6.07, 6.45) is 2.94. The number of anilines is 1. The Morgan fingerprint density at radius 2 is 1.81 bits per heavy atom. The van der Waals surface area contributed by atoms with Crippen molar-refractivity contribution in [3.8, 4) is 5.75 Å². The number of carbonyl (C=O) groups excluding carboxylic acids is 1. The lowest BCUT2D eigenvalue weighted by Crippen LogP contribution is -2.36. The van der Waals surface area contributed by atoms with Crippen LogP contribution in [0.3, 0.4) is 0 Å². The van der Waals surface area contributed by atoms with Gasteiger partial charge in [0, 0.05) is 30.6 Å². The molecule has 0 bridgehead atoms. The molecular formula is C22H23F2NO2. The Bertz CT molecular complexity index is 850. The molecule has 142 valence electrons. The molecule has 1 heterocycles. The minimum Gasteiger partial charge on any atom is -0.493 e. The average molecular weight is 371 g/mol. The Kier molecular flexibility index (Phi) is 4.85. The molecule has 1 aliphatic carbocycles. The van der Waals surface area contributed by atoms with Crippen LogP contribution >= 0.6 is 0 Å². The zero-order chi connectivity index (χ0) is 19.0. The number of carbonyl (C=O) groups is 1. The maximum atomic E-state index is 14.2. The summed E-state index contributed by atoms with van der Waals surface area (Å²) >= 11 is 0. The summed E-state index contributed by atoms with van der Waals surface area (Å²) in [5, 5.41) is 0. The number of fused-ring (bicyclic) bond motifs is 1. The number of benzene rings is 2. The van der Waals surface area contributed by atoms with Gasteiger partial charge in [-0.15, -0.1) is 0 Å². The van der Waals surface area contributed by atoms with E-state index in [-0.39, 0.29) is 11.5 Å². The molecule has 0 spiro atoms. The SMILES string of the molecule is Cc1cc(F)c(N2CCC(COc3cccc4c3CCC4=O)CC2)c(F)c1. The topological polar surface area (TPSA) is 29.5 Å². The van der Waals surface area contributed by atoms with Crippen LogP contribution in [0, 0.1) is 24.5 Å². The summed E-state index contributed by atoms with van der Waals surface area (Å²) < 4.78 is 34.4. The van der Waals surface area contributed by atoms with E-state index in [0.29, 0.717) is 37.6 Å². The number of Topliss-reactive ketones (excluding diaryl/α,β-unsaturated/α-hetero) is 1. The van der Waals surface area contributed by atoms with Crippen LogP contribution in [0.25, 0.3) is 0 Å². The predicted octanol–water partition coefficient (Wildman–Crippen LogP) is 4.70. The fourth-order valence-corrected chi connectivity index (χ4v) is 4.12. The second kappa shape index (κ2) is 7.29. The van der Waals surface area contributed by atoms with Crippen molar-refractivity contribution in [2.45, 2.75) is 32.6 Å². The van der Waals surface area contributed by atoms with Crippen LogP contribution in [0.1, 0.15) is 40.7 Å². The first-order valence-corrected chi connectivity index (χ1v) is 9.51. The second-order valence-electron chi connectivity index (χ2n) is 7.52. The van der Waals surface area contributed by atoms with E-state index in [1.165, 1.54) is 12.1 Å². The number of halogens is 2. The van der Waals surface area contributed by atoms with Gasteiger partial charge >= 0.3 is 0 Å². The molecule has 1 fully saturated rings. The van der Waals surface area contributed by atoms with Crippen molar-refractivity contribution < 1.29 is 18.3 Å². The monoisotopic (exact) mass is 371 g/mol. The smallest absolute Gasteiger partial charge is 0.163 e. The lowest BCUT2D eigenvalue weighted by Gasteiger charge is -2.34. The van der Waals surface area contributed by atoms with Gasteiger partial charge in [0.2, 0.25) is 0 Å². The molecule has 1 aliphatic heterocycles. The summed E-state index contributed by atoms with van der Waals surface area (Å²) in [5.41, 5.74) is 2.47. The number of ketones is 1. The zero-order valence-electron chi connectivity index (χ0n) is 15.4. The molecule has 0 amide bonds. The third-order valence-electron chi connectivity index (χ3n) is 5.60. The van der Waals surface area contributed by atoms with Crippen LogP contribution < -0.4 is 9.64 Å². The average Bonchev–Trinajstić information content (AvgIpc) is 3.02. The van der Waals surface area contributed by atoms with Crippen molar-refractivity contribution in [3.63, 3.8) is 0 Å². The van der Waals surface area contributed by atoms with Gasteiger partial charge in [0.25, 0.3) is 0 Å². The van der Waals surface area contributed by atoms with Crippen molar-refractivity contribution in [2.75, 3.05) is 24.6 Å². The van der Waals surface area contributed by atoms with Crippen LogP contribution in [-0.2, 0) is 6.42 Å². The van der Waals surface area contributed by atoms with E-state index in [4.69, 9.17) is 4.74 Å². The maximum Gasteiger partial charge on any atom is 0.163 e. The Morgan fingerprint density at radius 1 is 1.11 bits per heavy atom. The number of aryl methyl sites for hydroxylation is 1. The van der Waals surface area contributed by atoms with E-state index < -0.39 is 11.6 Å². The molecule has 3 nitrogen and oxygen atoms in total. The first kappa shape index (κ1) is 18.0. The van der Waals surface area contributed by atoms with Gasteiger partial charge in [-0.2, -0.15) is 0 Å². The molecule has 0 unspecified atom stereocenters. The van der Waals surface area contributed by atoms with E-state index in [9.17, 15) is 13.6 Å². The number of ether oxygens (including phenoxy) is 1. The lowest BCUT2D eigenvalue weighted by molar-refractivity contribution is 0.0994. The highest BCUT2D eigenvalue weighted by molar-refractivity contribution is 6.01. The Labute approximate surface area is 157 Å². The molecule has 2 aliphatic rings.